The van der Waals surface area contributed by atoms with Gasteiger partial charge < -0.3 is 5.11 Å². The number of carboxylic acid groups (broad SMARTS) is 1. The number of nitrogens with zero attached hydrogens (tertiary/aromatic N) is 4. The van der Waals surface area contributed by atoms with E-state index in [2.05, 4.69) is 27.1 Å². The van der Waals surface area contributed by atoms with Crippen LogP contribution in [0.1, 0.15) is 21.5 Å². The lowest BCUT2D eigenvalue weighted by Gasteiger charge is -2.08. The molecule has 134 valence electrons. The van der Waals surface area contributed by atoms with E-state index in [1.54, 1.807) is 36.8 Å². The summed E-state index contributed by atoms with van der Waals surface area (Å²) < 4.78 is 1.45. The molecular weight excluding hydrogens is 352 g/mol. The zero-order chi connectivity index (χ0) is 19.3. The van der Waals surface area contributed by atoms with E-state index in [4.69, 9.17) is 0 Å². The normalized spacial score (nSPS) is 10.1. The summed E-state index contributed by atoms with van der Waals surface area (Å²) in [5.41, 5.74) is 3.24. The smallest absolute Gasteiger partial charge is 0.337 e. The Morgan fingerprint density at radius 3 is 2.57 bits per heavy atom. The van der Waals surface area contributed by atoms with E-state index < -0.39 is 5.97 Å². The summed E-state index contributed by atoms with van der Waals surface area (Å²) in [5.74, 6) is 5.06. The molecular formula is C22H14N4O2. The third-order valence-electron chi connectivity index (χ3n) is 4.06. The number of aromatic carboxylic acids is 1. The Balaban J connectivity index is 1.83. The molecule has 0 saturated heterocycles. The summed E-state index contributed by atoms with van der Waals surface area (Å²) in [4.78, 5) is 15.9. The van der Waals surface area contributed by atoms with E-state index in [-0.39, 0.29) is 5.56 Å². The highest BCUT2D eigenvalue weighted by molar-refractivity contribution is 5.93. The van der Waals surface area contributed by atoms with Crippen LogP contribution in [0.25, 0.3) is 16.9 Å². The average Bonchev–Trinajstić information content (AvgIpc) is 3.23. The van der Waals surface area contributed by atoms with E-state index in [9.17, 15) is 9.90 Å². The molecule has 2 aromatic heterocycles. The van der Waals surface area contributed by atoms with Gasteiger partial charge in [0.15, 0.2) is 0 Å². The molecule has 0 atom stereocenters. The van der Waals surface area contributed by atoms with Crippen LogP contribution in [0, 0.1) is 11.8 Å². The topological polar surface area (TPSA) is 80.9 Å². The maximum atomic E-state index is 11.8. The summed E-state index contributed by atoms with van der Waals surface area (Å²) >= 11 is 0. The van der Waals surface area contributed by atoms with Gasteiger partial charge in [0.2, 0.25) is 0 Å². The Bertz CT molecular complexity index is 1190. The molecule has 0 fully saturated rings. The summed E-state index contributed by atoms with van der Waals surface area (Å²) in [7, 11) is 0. The predicted molar refractivity (Wildman–Crippen MR) is 104 cm³/mol. The second-order valence-corrected chi connectivity index (χ2v) is 5.91. The first-order valence-corrected chi connectivity index (χ1v) is 8.49. The highest BCUT2D eigenvalue weighted by Crippen LogP contribution is 2.22. The van der Waals surface area contributed by atoms with Crippen molar-refractivity contribution >= 4 is 5.97 Å². The molecule has 6 nitrogen and oxygen atoms in total. The van der Waals surface area contributed by atoms with Crippen molar-refractivity contribution in [2.45, 2.75) is 0 Å². The van der Waals surface area contributed by atoms with Crippen LogP contribution in [0.4, 0.5) is 0 Å². The molecule has 0 aliphatic heterocycles. The minimum atomic E-state index is -1.06. The van der Waals surface area contributed by atoms with Crippen LogP contribution in [0.2, 0.25) is 0 Å². The second-order valence-electron chi connectivity index (χ2n) is 5.91. The first-order valence-electron chi connectivity index (χ1n) is 8.49. The Labute approximate surface area is 161 Å². The fourth-order valence-corrected chi connectivity index (χ4v) is 2.74. The lowest BCUT2D eigenvalue weighted by molar-refractivity contribution is 0.0696. The maximum Gasteiger partial charge on any atom is 0.337 e. The average molecular weight is 366 g/mol. The van der Waals surface area contributed by atoms with Crippen molar-refractivity contribution in [1.29, 1.82) is 0 Å². The molecule has 0 bridgehead atoms. The van der Waals surface area contributed by atoms with Crippen LogP contribution >= 0.6 is 0 Å². The van der Waals surface area contributed by atoms with Crippen LogP contribution in [-0.4, -0.2) is 31.1 Å². The molecule has 6 heteroatoms. The molecule has 0 radical (unpaired) electrons. The number of hydrogen-bond acceptors (Lipinski definition) is 4. The van der Waals surface area contributed by atoms with Crippen LogP contribution in [0.15, 0.2) is 79.3 Å². The van der Waals surface area contributed by atoms with E-state index in [0.29, 0.717) is 16.9 Å². The number of carboxylic acids is 1. The Morgan fingerprint density at radius 2 is 1.82 bits per heavy atom. The lowest BCUT2D eigenvalue weighted by Crippen LogP contribution is -2.08. The number of carbonyl (C=O) groups is 1. The van der Waals surface area contributed by atoms with Crippen molar-refractivity contribution in [3.63, 3.8) is 0 Å². The molecule has 0 saturated carbocycles. The fourth-order valence-electron chi connectivity index (χ4n) is 2.74. The van der Waals surface area contributed by atoms with Crippen molar-refractivity contribution < 1.29 is 9.90 Å². The second kappa shape index (κ2) is 7.56. The van der Waals surface area contributed by atoms with Crippen molar-refractivity contribution in [3.8, 4) is 28.8 Å². The first kappa shape index (κ1) is 17.2. The number of rotatable bonds is 3. The zero-order valence-corrected chi connectivity index (χ0v) is 14.6. The van der Waals surface area contributed by atoms with Crippen molar-refractivity contribution in [2.24, 2.45) is 0 Å². The summed E-state index contributed by atoms with van der Waals surface area (Å²) in [6.45, 7) is 0. The minimum absolute atomic E-state index is 0.0995. The lowest BCUT2D eigenvalue weighted by atomic mass is 10.1. The van der Waals surface area contributed by atoms with Gasteiger partial charge in [-0.25, -0.2) is 9.48 Å². The van der Waals surface area contributed by atoms with Crippen LogP contribution in [0.5, 0.6) is 0 Å². The fraction of sp³-hybridized carbons (Fsp3) is 0. The van der Waals surface area contributed by atoms with Gasteiger partial charge in [-0.05, 0) is 36.4 Å². The van der Waals surface area contributed by atoms with Gasteiger partial charge in [-0.2, -0.15) is 0 Å². The van der Waals surface area contributed by atoms with Gasteiger partial charge in [0, 0.05) is 23.5 Å². The third-order valence-corrected chi connectivity index (χ3v) is 4.06. The number of pyridine rings is 1. The largest absolute Gasteiger partial charge is 0.478 e. The molecule has 4 rings (SSSR count). The third kappa shape index (κ3) is 3.50. The van der Waals surface area contributed by atoms with E-state index in [1.165, 1.54) is 10.7 Å². The number of hydrogen-bond donors (Lipinski definition) is 1. The molecule has 0 aliphatic rings. The molecule has 4 aromatic rings. The van der Waals surface area contributed by atoms with Crippen molar-refractivity contribution in [1.82, 2.24) is 20.0 Å². The quantitative estimate of drug-likeness (QED) is 0.562. The highest BCUT2D eigenvalue weighted by atomic mass is 16.4. The molecule has 28 heavy (non-hydrogen) atoms. The molecule has 2 aromatic carbocycles. The summed E-state index contributed by atoms with van der Waals surface area (Å²) in [6, 6.07) is 18.1. The van der Waals surface area contributed by atoms with Crippen molar-refractivity contribution in [3.05, 3.63) is 95.9 Å². The standard InChI is InChI=1S/C22H14N4O2/c27-22(28)19-10-4-8-17(12-11-16-6-2-1-3-7-16)21(19)26-15-20(24-25-26)18-9-5-13-23-14-18/h1-10,13-15H,(H,27,28). The van der Waals surface area contributed by atoms with Gasteiger partial charge in [-0.3, -0.25) is 4.98 Å². The highest BCUT2D eigenvalue weighted by Gasteiger charge is 2.17. The Hall–Kier alpha value is -4.24. The molecule has 0 aliphatic carbocycles. The summed E-state index contributed by atoms with van der Waals surface area (Å²) in [5, 5.41) is 17.9. The maximum absolute atomic E-state index is 11.8. The monoisotopic (exact) mass is 366 g/mol. The number of aromatic nitrogens is 4. The number of benzene rings is 2. The predicted octanol–water partition coefficient (Wildman–Crippen LogP) is 3.43. The SMILES string of the molecule is O=C(O)c1cccc(C#Cc2ccccc2)c1-n1cc(-c2cccnc2)nn1. The van der Waals surface area contributed by atoms with E-state index in [1.807, 2.05) is 36.4 Å². The Morgan fingerprint density at radius 1 is 0.964 bits per heavy atom. The van der Waals surface area contributed by atoms with Gasteiger partial charge in [0.05, 0.1) is 23.0 Å². The van der Waals surface area contributed by atoms with Crippen molar-refractivity contribution in [2.75, 3.05) is 0 Å². The van der Waals surface area contributed by atoms with Gasteiger partial charge in [-0.1, -0.05) is 41.3 Å². The number of para-hydroxylation sites is 1. The van der Waals surface area contributed by atoms with Gasteiger partial charge >= 0.3 is 5.97 Å². The zero-order valence-electron chi connectivity index (χ0n) is 14.6. The molecule has 0 unspecified atom stereocenters. The molecule has 0 amide bonds. The van der Waals surface area contributed by atoms with Crippen LogP contribution in [0.3, 0.4) is 0 Å². The van der Waals surface area contributed by atoms with Gasteiger partial charge in [0.25, 0.3) is 0 Å². The van der Waals surface area contributed by atoms with E-state index >= 15 is 0 Å². The minimum Gasteiger partial charge on any atom is -0.478 e. The first-order chi connectivity index (χ1) is 13.7. The van der Waals surface area contributed by atoms with E-state index in [0.717, 1.165) is 11.1 Å². The molecule has 1 N–H and O–H groups in total. The van der Waals surface area contributed by atoms with Crippen LogP contribution < -0.4 is 0 Å². The summed E-state index contributed by atoms with van der Waals surface area (Å²) in [6.07, 6.45) is 5.02. The molecule has 2 heterocycles. The Kier molecular flexibility index (Phi) is 4.64. The van der Waals surface area contributed by atoms with Crippen LogP contribution in [-0.2, 0) is 0 Å². The van der Waals surface area contributed by atoms with Gasteiger partial charge in [0.1, 0.15) is 5.69 Å². The molecule has 0 spiro atoms. The van der Waals surface area contributed by atoms with Gasteiger partial charge in [-0.15, -0.1) is 5.10 Å².